The first-order valence-electron chi connectivity index (χ1n) is 20.0. The van der Waals surface area contributed by atoms with Gasteiger partial charge in [-0.15, -0.1) is 0 Å². The average molecular weight is 874 g/mol. The second kappa shape index (κ2) is 27.2. The molecule has 1 aromatic heterocycles. The predicted octanol–water partition coefficient (Wildman–Crippen LogP) is 5.13. The number of alkyl carbamates (subject to hydrolysis) is 1. The molecule has 2 aromatic rings. The largest absolute Gasteiger partial charge is 0.444 e. The van der Waals surface area contributed by atoms with E-state index in [4.69, 9.17) is 10.5 Å². The zero-order chi connectivity index (χ0) is 44.7. The van der Waals surface area contributed by atoms with Gasteiger partial charge in [-0.3, -0.25) is 44.3 Å². The molecule has 2 unspecified atom stereocenters. The molecule has 2 rings (SSSR count). The van der Waals surface area contributed by atoms with Crippen LogP contribution in [0.5, 0.6) is 0 Å². The molecular weight excluding hydrogens is 815 g/mol. The Balaban J connectivity index is 2.08. The highest BCUT2D eigenvalue weighted by Gasteiger charge is 2.30. The van der Waals surface area contributed by atoms with E-state index >= 15 is 0 Å². The van der Waals surface area contributed by atoms with E-state index in [2.05, 4.69) is 26.5 Å². The number of nitrogens with two attached hydrogens (primary N) is 1. The molecule has 19 heteroatoms. The number of amides is 3. The molecule has 0 saturated heterocycles. The van der Waals surface area contributed by atoms with Crippen LogP contribution in [0.25, 0.3) is 0 Å². The van der Waals surface area contributed by atoms with Crippen molar-refractivity contribution in [3.8, 4) is 0 Å². The number of aromatic nitrogens is 1. The third-order valence-electron chi connectivity index (χ3n) is 9.01. The molecule has 0 radical (unpaired) electrons. The van der Waals surface area contributed by atoms with Gasteiger partial charge in [-0.25, -0.2) is 15.2 Å². The SMILES string of the molecule is CCC(=O)CC(CCCCCC(=O)C(CSSc1ncccc1[N+](=O)[O-])NC(=O)OC(C)(C)C)C(=O)NN[C@@H](Cc1ccccc1)C(=O)N[C@@H](CCCCN)C(=O)C(C)=O. The summed E-state index contributed by atoms with van der Waals surface area (Å²) in [4.78, 5) is 105. The van der Waals surface area contributed by atoms with Gasteiger partial charge in [-0.2, -0.15) is 0 Å². The van der Waals surface area contributed by atoms with Crippen molar-refractivity contribution in [1.82, 2.24) is 26.5 Å². The van der Waals surface area contributed by atoms with Gasteiger partial charge in [0.25, 0.3) is 0 Å². The fourth-order valence-corrected chi connectivity index (χ4v) is 8.04. The Labute approximate surface area is 359 Å². The Morgan fingerprint density at radius 1 is 0.883 bits per heavy atom. The van der Waals surface area contributed by atoms with Crippen LogP contribution >= 0.6 is 21.6 Å². The number of carbonyl (C=O) groups excluding carboxylic acids is 7. The number of ketones is 4. The minimum Gasteiger partial charge on any atom is -0.444 e. The topological polar surface area (TPSA) is 259 Å². The summed E-state index contributed by atoms with van der Waals surface area (Å²) in [5.74, 6) is -3.62. The Kier molecular flexibility index (Phi) is 23.3. The monoisotopic (exact) mass is 873 g/mol. The van der Waals surface area contributed by atoms with Crippen molar-refractivity contribution in [1.29, 1.82) is 0 Å². The maximum absolute atomic E-state index is 13.6. The molecule has 1 aromatic carbocycles. The van der Waals surface area contributed by atoms with Crippen molar-refractivity contribution in [2.45, 2.75) is 134 Å². The van der Waals surface area contributed by atoms with Crippen molar-refractivity contribution in [2.24, 2.45) is 11.7 Å². The lowest BCUT2D eigenvalue weighted by Gasteiger charge is -2.24. The lowest BCUT2D eigenvalue weighted by atomic mass is 9.93. The average Bonchev–Trinajstić information content (AvgIpc) is 3.20. The quantitative estimate of drug-likeness (QED) is 0.0233. The Hall–Kier alpha value is -4.72. The van der Waals surface area contributed by atoms with Crippen LogP contribution in [0.1, 0.15) is 104 Å². The summed E-state index contributed by atoms with van der Waals surface area (Å²) >= 11 is 0. The number of hydrogen-bond donors (Lipinski definition) is 5. The van der Waals surface area contributed by atoms with Gasteiger partial charge in [-0.05, 0) is 88.3 Å². The Morgan fingerprint density at radius 2 is 1.58 bits per heavy atom. The molecule has 60 heavy (non-hydrogen) atoms. The van der Waals surface area contributed by atoms with Crippen LogP contribution in [0.2, 0.25) is 0 Å². The van der Waals surface area contributed by atoms with Gasteiger partial charge in [-0.1, -0.05) is 60.9 Å². The molecule has 6 N–H and O–H groups in total. The Bertz CT molecular complexity index is 1760. The minimum atomic E-state index is -1.06. The summed E-state index contributed by atoms with van der Waals surface area (Å²) < 4.78 is 5.35. The smallest absolute Gasteiger partial charge is 0.408 e. The van der Waals surface area contributed by atoms with Crippen molar-refractivity contribution in [2.75, 3.05) is 12.3 Å². The molecule has 17 nitrogen and oxygen atoms in total. The number of hydrogen-bond acceptors (Lipinski definition) is 15. The number of carbonyl (C=O) groups is 7. The fraction of sp³-hybridized carbons (Fsp3) is 0.561. The highest BCUT2D eigenvalue weighted by atomic mass is 33.1. The summed E-state index contributed by atoms with van der Waals surface area (Å²) in [7, 11) is 2.15. The second-order valence-electron chi connectivity index (χ2n) is 15.2. The van der Waals surface area contributed by atoms with E-state index in [0.717, 1.165) is 34.1 Å². The third-order valence-corrected chi connectivity index (χ3v) is 11.3. The van der Waals surface area contributed by atoms with Gasteiger partial charge in [0.05, 0.1) is 11.0 Å². The van der Waals surface area contributed by atoms with Crippen LogP contribution in [-0.2, 0) is 39.9 Å². The van der Waals surface area contributed by atoms with Gasteiger partial charge in [0.1, 0.15) is 23.5 Å². The number of nitrogens with one attached hydrogen (secondary N) is 4. The number of Topliss-reactive ketones (excluding diaryl/α,β-unsaturated/α-hetero) is 4. The maximum atomic E-state index is 13.6. The first-order valence-corrected chi connectivity index (χ1v) is 22.3. The first-order chi connectivity index (χ1) is 28.4. The molecule has 330 valence electrons. The molecular formula is C41H59N7O10S2. The van der Waals surface area contributed by atoms with Crippen molar-refractivity contribution in [3.63, 3.8) is 0 Å². The molecule has 4 atom stereocenters. The first kappa shape index (κ1) is 51.4. The summed E-state index contributed by atoms with van der Waals surface area (Å²) in [5.41, 5.74) is 10.8. The zero-order valence-corrected chi connectivity index (χ0v) is 36.6. The van der Waals surface area contributed by atoms with Crippen LogP contribution in [0.4, 0.5) is 10.5 Å². The van der Waals surface area contributed by atoms with Crippen LogP contribution in [0, 0.1) is 16.0 Å². The summed E-state index contributed by atoms with van der Waals surface area (Å²) in [6.07, 6.45) is 4.06. The number of nitrogens with zero attached hydrogens (tertiary/aromatic N) is 2. The van der Waals surface area contributed by atoms with Gasteiger partial charge >= 0.3 is 11.8 Å². The van der Waals surface area contributed by atoms with E-state index in [1.165, 1.54) is 18.3 Å². The molecule has 0 aliphatic rings. The summed E-state index contributed by atoms with van der Waals surface area (Å²) in [5, 5.41) is 16.9. The van der Waals surface area contributed by atoms with Crippen LogP contribution < -0.4 is 27.2 Å². The number of benzene rings is 1. The predicted molar refractivity (Wildman–Crippen MR) is 230 cm³/mol. The molecule has 0 aliphatic heterocycles. The van der Waals surface area contributed by atoms with Gasteiger partial charge in [0.15, 0.2) is 16.6 Å². The van der Waals surface area contributed by atoms with E-state index in [-0.39, 0.29) is 60.1 Å². The van der Waals surface area contributed by atoms with Crippen LogP contribution in [-0.4, -0.2) is 87.0 Å². The van der Waals surface area contributed by atoms with Crippen molar-refractivity contribution < 1.29 is 43.2 Å². The number of unbranched alkanes of at least 4 members (excludes halogenated alkanes) is 3. The van der Waals surface area contributed by atoms with E-state index in [1.807, 2.05) is 6.07 Å². The number of rotatable bonds is 29. The van der Waals surface area contributed by atoms with Gasteiger partial charge in [0.2, 0.25) is 17.6 Å². The van der Waals surface area contributed by atoms with E-state index in [1.54, 1.807) is 52.0 Å². The lowest BCUT2D eigenvalue weighted by Crippen LogP contribution is -2.56. The minimum absolute atomic E-state index is 0.0416. The third kappa shape index (κ3) is 20.0. The molecule has 1 heterocycles. The molecule has 3 amide bonds. The lowest BCUT2D eigenvalue weighted by molar-refractivity contribution is -0.388. The molecule has 0 fully saturated rings. The van der Waals surface area contributed by atoms with Crippen LogP contribution in [0.3, 0.4) is 0 Å². The van der Waals surface area contributed by atoms with E-state index in [9.17, 15) is 43.7 Å². The molecule has 0 bridgehead atoms. The van der Waals surface area contributed by atoms with E-state index in [0.29, 0.717) is 45.1 Å². The standard InChI is InChI=1S/C41H59N7O10S2/c1-6-30(50)25-29(37(53)47-46-32(24-28-16-9-7-10-17-28)38(54)44-31(19-13-14-22-42)36(52)27(2)49)18-11-8-12-21-35(51)33(45-40(55)58-41(3,4)5)26-59-60-39-34(48(56)57)20-15-23-43-39/h7,9-10,15-17,20,23,29,31-33,46H,6,8,11-14,18-19,21-22,24-26,42H2,1-5H3,(H,44,54)(H,45,55)(H,47,53)/t29?,31-,32-,33?/m0/s1. The molecule has 0 saturated carbocycles. The second-order valence-corrected chi connectivity index (χ2v) is 17.5. The van der Waals surface area contributed by atoms with Gasteiger partial charge in [0, 0.05) is 50.1 Å². The maximum Gasteiger partial charge on any atom is 0.408 e. The number of hydrazine groups is 1. The fourth-order valence-electron chi connectivity index (χ4n) is 5.79. The highest BCUT2D eigenvalue weighted by Crippen LogP contribution is 2.36. The zero-order valence-electron chi connectivity index (χ0n) is 35.0. The number of pyridine rings is 1. The van der Waals surface area contributed by atoms with Crippen molar-refractivity contribution >= 4 is 68.3 Å². The number of nitro groups is 1. The highest BCUT2D eigenvalue weighted by molar-refractivity contribution is 8.76. The van der Waals surface area contributed by atoms with Crippen LogP contribution in [0.15, 0.2) is 53.7 Å². The molecule has 0 spiro atoms. The normalized spacial score (nSPS) is 13.2. The molecule has 0 aliphatic carbocycles. The Morgan fingerprint density at radius 3 is 2.22 bits per heavy atom. The van der Waals surface area contributed by atoms with Gasteiger partial charge < -0.3 is 21.1 Å². The summed E-state index contributed by atoms with van der Waals surface area (Å²) in [6.45, 7) is 8.29. The summed E-state index contributed by atoms with van der Waals surface area (Å²) in [6, 6.07) is 8.74. The van der Waals surface area contributed by atoms with Crippen molar-refractivity contribution in [3.05, 3.63) is 64.3 Å². The van der Waals surface area contributed by atoms with E-state index < -0.39 is 64.0 Å². The number of ether oxygens (including phenoxy) is 1.